The van der Waals surface area contributed by atoms with Crippen molar-refractivity contribution in [1.29, 1.82) is 0 Å². The molecule has 1 aliphatic rings. The van der Waals surface area contributed by atoms with Crippen LogP contribution in [0.15, 0.2) is 53.4 Å². The van der Waals surface area contributed by atoms with Crippen LogP contribution in [0, 0.1) is 5.41 Å². The lowest BCUT2D eigenvalue weighted by Gasteiger charge is -2.28. The first kappa shape index (κ1) is 30.8. The Kier molecular flexibility index (Phi) is 10.4. The van der Waals surface area contributed by atoms with Gasteiger partial charge in [0, 0.05) is 30.0 Å². The number of carbonyl (C=O) groups is 4. The molecule has 3 atom stereocenters. The van der Waals surface area contributed by atoms with E-state index in [0.29, 0.717) is 11.4 Å². The van der Waals surface area contributed by atoms with Crippen LogP contribution in [0.3, 0.4) is 0 Å². The molecule has 0 bridgehead atoms. The molecule has 40 heavy (non-hydrogen) atoms. The number of nitrogens with one attached hydrogen (secondary N) is 3. The molecule has 0 saturated carbocycles. The molecule has 11 heteroatoms. The fourth-order valence-corrected chi connectivity index (χ4v) is 5.02. The Hall–Kier alpha value is -3.73. The van der Waals surface area contributed by atoms with Crippen LogP contribution < -0.4 is 26.4 Å². The fourth-order valence-electron chi connectivity index (χ4n) is 4.56. The summed E-state index contributed by atoms with van der Waals surface area (Å²) in [6, 6.07) is 11.8. The smallest absolute Gasteiger partial charge is 0.319 e. The van der Waals surface area contributed by atoms with E-state index < -0.39 is 36.0 Å². The molecule has 2 aromatic rings. The standard InChI is InChI=1S/C29H39N5O5S/c1-29(2,3)16-25(35)34-17-20(32-28(38)31-19-7-6-8-22(14-19)40-5)15-24(34)27(37)33-23(26(30)36)13-18-9-11-21(39-4)12-10-18/h6-12,14,20,23-24H,13,15-17H2,1-5H3,(H2,30,36)(H,33,37)(H2,31,32,38). The summed E-state index contributed by atoms with van der Waals surface area (Å²) in [5, 5.41) is 8.45. The number of benzene rings is 2. The maximum Gasteiger partial charge on any atom is 0.319 e. The Labute approximate surface area is 239 Å². The molecule has 3 unspecified atom stereocenters. The lowest BCUT2D eigenvalue weighted by Crippen LogP contribution is -2.53. The third-order valence-corrected chi connectivity index (χ3v) is 7.25. The van der Waals surface area contributed by atoms with Gasteiger partial charge in [-0.05, 0) is 54.0 Å². The average molecular weight is 570 g/mol. The van der Waals surface area contributed by atoms with Gasteiger partial charge in [0.2, 0.25) is 17.7 Å². The van der Waals surface area contributed by atoms with E-state index in [1.165, 1.54) is 4.90 Å². The van der Waals surface area contributed by atoms with Crippen molar-refractivity contribution in [2.75, 3.05) is 25.2 Å². The van der Waals surface area contributed by atoms with Crippen molar-refractivity contribution < 1.29 is 23.9 Å². The van der Waals surface area contributed by atoms with Crippen molar-refractivity contribution in [3.63, 3.8) is 0 Å². The Bertz CT molecular complexity index is 1210. The highest BCUT2D eigenvalue weighted by Gasteiger charge is 2.41. The maximum atomic E-state index is 13.5. The minimum absolute atomic E-state index is 0.172. The number of carbonyl (C=O) groups excluding carboxylic acids is 4. The van der Waals surface area contributed by atoms with E-state index in [1.54, 1.807) is 49.2 Å². The van der Waals surface area contributed by atoms with E-state index in [1.807, 2.05) is 45.2 Å². The molecule has 5 amide bonds. The second-order valence-electron chi connectivity index (χ2n) is 11.1. The van der Waals surface area contributed by atoms with Crippen LogP contribution >= 0.6 is 11.8 Å². The van der Waals surface area contributed by atoms with Crippen LogP contribution in [0.25, 0.3) is 0 Å². The molecular weight excluding hydrogens is 530 g/mol. The summed E-state index contributed by atoms with van der Waals surface area (Å²) in [6.07, 6.45) is 2.56. The molecule has 1 aliphatic heterocycles. The molecule has 1 heterocycles. The summed E-state index contributed by atoms with van der Waals surface area (Å²) in [4.78, 5) is 54.2. The van der Waals surface area contributed by atoms with Gasteiger partial charge in [0.1, 0.15) is 17.8 Å². The predicted molar refractivity (Wildman–Crippen MR) is 156 cm³/mol. The third-order valence-electron chi connectivity index (χ3n) is 6.53. The molecule has 216 valence electrons. The van der Waals surface area contributed by atoms with E-state index in [-0.39, 0.29) is 37.1 Å². The van der Waals surface area contributed by atoms with Crippen LogP contribution in [-0.4, -0.2) is 66.7 Å². The number of thioether (sulfide) groups is 1. The normalized spacial score (nSPS) is 17.6. The molecule has 0 spiro atoms. The molecule has 3 rings (SSSR count). The number of rotatable bonds is 10. The largest absolute Gasteiger partial charge is 0.497 e. The molecule has 5 N–H and O–H groups in total. The average Bonchev–Trinajstić information content (AvgIpc) is 3.31. The molecule has 1 saturated heterocycles. The van der Waals surface area contributed by atoms with Gasteiger partial charge in [-0.3, -0.25) is 14.4 Å². The third kappa shape index (κ3) is 8.90. The Morgan fingerprint density at radius 2 is 1.82 bits per heavy atom. The first-order valence-electron chi connectivity index (χ1n) is 13.1. The zero-order chi connectivity index (χ0) is 29.4. The molecule has 0 aliphatic carbocycles. The number of hydrogen-bond acceptors (Lipinski definition) is 6. The Morgan fingerprint density at radius 1 is 1.12 bits per heavy atom. The maximum absolute atomic E-state index is 13.5. The zero-order valence-corrected chi connectivity index (χ0v) is 24.5. The lowest BCUT2D eigenvalue weighted by molar-refractivity contribution is -0.140. The van der Waals surface area contributed by atoms with E-state index in [4.69, 9.17) is 10.5 Å². The highest BCUT2D eigenvalue weighted by Crippen LogP contribution is 2.26. The summed E-state index contributed by atoms with van der Waals surface area (Å²) >= 11 is 1.56. The minimum Gasteiger partial charge on any atom is -0.497 e. The Balaban J connectivity index is 1.72. The number of nitrogens with two attached hydrogens (primary N) is 1. The Morgan fingerprint density at radius 3 is 2.42 bits per heavy atom. The van der Waals surface area contributed by atoms with Crippen LogP contribution in [0.1, 0.15) is 39.2 Å². The lowest BCUT2D eigenvalue weighted by atomic mass is 9.91. The van der Waals surface area contributed by atoms with E-state index in [0.717, 1.165) is 10.5 Å². The number of hydrogen-bond donors (Lipinski definition) is 4. The SMILES string of the molecule is COc1ccc(CC(NC(=O)C2CC(NC(=O)Nc3cccc(SC)c3)CN2C(=O)CC(C)(C)C)C(N)=O)cc1. The van der Waals surface area contributed by atoms with E-state index in [9.17, 15) is 19.2 Å². The summed E-state index contributed by atoms with van der Waals surface area (Å²) in [5.41, 5.74) is 6.76. The topological polar surface area (TPSA) is 143 Å². The summed E-state index contributed by atoms with van der Waals surface area (Å²) in [6.45, 7) is 6.00. The van der Waals surface area contributed by atoms with Crippen molar-refractivity contribution in [2.45, 2.75) is 63.1 Å². The highest BCUT2D eigenvalue weighted by atomic mass is 32.2. The van der Waals surface area contributed by atoms with Gasteiger partial charge >= 0.3 is 6.03 Å². The second-order valence-corrected chi connectivity index (χ2v) is 12.0. The molecular formula is C29H39N5O5S. The molecule has 10 nitrogen and oxygen atoms in total. The monoisotopic (exact) mass is 569 g/mol. The van der Waals surface area contributed by atoms with Gasteiger partial charge in [-0.2, -0.15) is 0 Å². The number of ether oxygens (including phenoxy) is 1. The number of amides is 5. The van der Waals surface area contributed by atoms with Crippen LogP contribution in [-0.2, 0) is 20.8 Å². The number of nitrogens with zero attached hydrogens (tertiary/aromatic N) is 1. The summed E-state index contributed by atoms with van der Waals surface area (Å²) < 4.78 is 5.17. The van der Waals surface area contributed by atoms with Crippen LogP contribution in [0.2, 0.25) is 0 Å². The fraction of sp³-hybridized carbons (Fsp3) is 0.448. The quantitative estimate of drug-likeness (QED) is 0.324. The van der Waals surface area contributed by atoms with Gasteiger partial charge < -0.3 is 31.3 Å². The van der Waals surface area contributed by atoms with Gasteiger partial charge in [-0.15, -0.1) is 11.8 Å². The molecule has 0 aromatic heterocycles. The number of methoxy groups -OCH3 is 1. The van der Waals surface area contributed by atoms with Gasteiger partial charge in [0.15, 0.2) is 0 Å². The van der Waals surface area contributed by atoms with Crippen molar-refractivity contribution in [1.82, 2.24) is 15.5 Å². The molecule has 0 radical (unpaired) electrons. The first-order chi connectivity index (χ1) is 18.9. The van der Waals surface area contributed by atoms with Gasteiger partial charge in [0.05, 0.1) is 13.2 Å². The first-order valence-corrected chi connectivity index (χ1v) is 14.3. The minimum atomic E-state index is -0.973. The van der Waals surface area contributed by atoms with Crippen molar-refractivity contribution in [3.8, 4) is 5.75 Å². The number of anilines is 1. The van der Waals surface area contributed by atoms with Gasteiger partial charge in [0.25, 0.3) is 0 Å². The second kappa shape index (κ2) is 13.6. The number of likely N-dealkylation sites (tertiary alicyclic amines) is 1. The van der Waals surface area contributed by atoms with E-state index in [2.05, 4.69) is 16.0 Å². The number of primary amides is 1. The predicted octanol–water partition coefficient (Wildman–Crippen LogP) is 3.16. The van der Waals surface area contributed by atoms with Gasteiger partial charge in [-0.1, -0.05) is 39.0 Å². The van der Waals surface area contributed by atoms with Crippen molar-refractivity contribution in [2.24, 2.45) is 11.1 Å². The van der Waals surface area contributed by atoms with Crippen molar-refractivity contribution >= 4 is 41.2 Å². The summed E-state index contributed by atoms with van der Waals surface area (Å²) in [7, 11) is 1.56. The number of urea groups is 1. The highest BCUT2D eigenvalue weighted by molar-refractivity contribution is 7.98. The van der Waals surface area contributed by atoms with Crippen molar-refractivity contribution in [3.05, 3.63) is 54.1 Å². The zero-order valence-electron chi connectivity index (χ0n) is 23.7. The van der Waals surface area contributed by atoms with Gasteiger partial charge in [-0.25, -0.2) is 4.79 Å². The molecule has 2 aromatic carbocycles. The van der Waals surface area contributed by atoms with Crippen LogP contribution in [0.5, 0.6) is 5.75 Å². The molecule has 1 fully saturated rings. The van der Waals surface area contributed by atoms with Crippen LogP contribution in [0.4, 0.5) is 10.5 Å². The van der Waals surface area contributed by atoms with E-state index >= 15 is 0 Å². The summed E-state index contributed by atoms with van der Waals surface area (Å²) in [5.74, 6) is -0.703.